The van der Waals surface area contributed by atoms with Crippen LogP contribution in [0.1, 0.15) is 32.8 Å². The summed E-state index contributed by atoms with van der Waals surface area (Å²) in [5.41, 5.74) is 6.65. The Bertz CT molecular complexity index is 405. The van der Waals surface area contributed by atoms with Gasteiger partial charge in [0.25, 0.3) is 0 Å². The number of rotatable bonds is 7. The predicted molar refractivity (Wildman–Crippen MR) is 80.0 cm³/mol. The summed E-state index contributed by atoms with van der Waals surface area (Å²) < 4.78 is 11.2. The molecule has 108 valence electrons. The van der Waals surface area contributed by atoms with Crippen molar-refractivity contribution in [1.82, 2.24) is 0 Å². The van der Waals surface area contributed by atoms with E-state index in [1.807, 2.05) is 39.0 Å². The Morgan fingerprint density at radius 1 is 1.37 bits per heavy atom. The van der Waals surface area contributed by atoms with Gasteiger partial charge in [0.2, 0.25) is 0 Å². The highest BCUT2D eigenvalue weighted by atomic mass is 35.5. The van der Waals surface area contributed by atoms with Crippen molar-refractivity contribution in [3.8, 4) is 5.75 Å². The van der Waals surface area contributed by atoms with Crippen LogP contribution in [0.4, 0.5) is 0 Å². The standard InChI is InChI=1S/C15H24ClNO2/c1-11(17)10-12-13(16)6-5-7-14(12)19-9-8-15(2,3)18-4/h5-7,11H,8-10,17H2,1-4H3. The van der Waals surface area contributed by atoms with Crippen LogP contribution in [0, 0.1) is 0 Å². The minimum absolute atomic E-state index is 0.0534. The Kier molecular flexibility index (Phi) is 6.11. The monoisotopic (exact) mass is 285 g/mol. The summed E-state index contributed by atoms with van der Waals surface area (Å²) in [6.07, 6.45) is 1.52. The van der Waals surface area contributed by atoms with Crippen molar-refractivity contribution < 1.29 is 9.47 Å². The molecule has 0 radical (unpaired) electrons. The van der Waals surface area contributed by atoms with Gasteiger partial charge in [0, 0.05) is 30.2 Å². The molecule has 1 aromatic rings. The van der Waals surface area contributed by atoms with E-state index in [9.17, 15) is 0 Å². The SMILES string of the molecule is COC(C)(C)CCOc1cccc(Cl)c1CC(C)N. The van der Waals surface area contributed by atoms with E-state index >= 15 is 0 Å². The Balaban J connectivity index is 2.70. The lowest BCUT2D eigenvalue weighted by Gasteiger charge is -2.23. The van der Waals surface area contributed by atoms with Crippen LogP contribution in [-0.4, -0.2) is 25.4 Å². The number of nitrogens with two attached hydrogens (primary N) is 1. The second kappa shape index (κ2) is 7.13. The second-order valence-corrected chi connectivity index (χ2v) is 5.87. The third-order valence-corrected chi connectivity index (χ3v) is 3.47. The van der Waals surface area contributed by atoms with Crippen LogP contribution in [-0.2, 0) is 11.2 Å². The zero-order valence-electron chi connectivity index (χ0n) is 12.2. The van der Waals surface area contributed by atoms with Crippen molar-refractivity contribution in [1.29, 1.82) is 0 Å². The zero-order valence-corrected chi connectivity index (χ0v) is 13.0. The molecule has 0 bridgehead atoms. The molecule has 0 spiro atoms. The van der Waals surface area contributed by atoms with Crippen molar-refractivity contribution in [2.75, 3.05) is 13.7 Å². The van der Waals surface area contributed by atoms with Gasteiger partial charge in [-0.2, -0.15) is 0 Å². The number of ether oxygens (including phenoxy) is 2. The van der Waals surface area contributed by atoms with E-state index in [-0.39, 0.29) is 11.6 Å². The summed E-state index contributed by atoms with van der Waals surface area (Å²) in [7, 11) is 1.71. The van der Waals surface area contributed by atoms with Crippen molar-refractivity contribution in [3.63, 3.8) is 0 Å². The van der Waals surface area contributed by atoms with Gasteiger partial charge in [-0.05, 0) is 39.3 Å². The van der Waals surface area contributed by atoms with E-state index in [0.717, 1.165) is 17.7 Å². The first-order chi connectivity index (χ1) is 8.85. The lowest BCUT2D eigenvalue weighted by Crippen LogP contribution is -2.25. The molecule has 0 aliphatic rings. The molecule has 0 aliphatic heterocycles. The Morgan fingerprint density at radius 2 is 2.05 bits per heavy atom. The average molecular weight is 286 g/mol. The molecule has 1 rings (SSSR count). The second-order valence-electron chi connectivity index (χ2n) is 5.46. The zero-order chi connectivity index (χ0) is 14.5. The summed E-state index contributed by atoms with van der Waals surface area (Å²) in [4.78, 5) is 0. The van der Waals surface area contributed by atoms with Crippen LogP contribution in [0.2, 0.25) is 5.02 Å². The van der Waals surface area contributed by atoms with E-state index < -0.39 is 0 Å². The molecular weight excluding hydrogens is 262 g/mol. The largest absolute Gasteiger partial charge is 0.493 e. The number of methoxy groups -OCH3 is 1. The van der Waals surface area contributed by atoms with Crippen LogP contribution in [0.3, 0.4) is 0 Å². The fourth-order valence-corrected chi connectivity index (χ4v) is 1.95. The lowest BCUT2D eigenvalue weighted by molar-refractivity contribution is 0.00537. The molecule has 0 amide bonds. The third kappa shape index (κ3) is 5.39. The van der Waals surface area contributed by atoms with Gasteiger partial charge < -0.3 is 15.2 Å². The molecule has 1 aromatic carbocycles. The molecule has 0 heterocycles. The van der Waals surface area contributed by atoms with E-state index in [2.05, 4.69) is 0 Å². The van der Waals surface area contributed by atoms with Crippen LogP contribution in [0.25, 0.3) is 0 Å². The normalized spacial score (nSPS) is 13.4. The van der Waals surface area contributed by atoms with Gasteiger partial charge in [-0.1, -0.05) is 17.7 Å². The first-order valence-electron chi connectivity index (χ1n) is 6.56. The molecule has 0 saturated heterocycles. The van der Waals surface area contributed by atoms with Crippen LogP contribution in [0.5, 0.6) is 5.75 Å². The lowest BCUT2D eigenvalue weighted by atomic mass is 10.1. The van der Waals surface area contributed by atoms with Gasteiger partial charge in [0.05, 0.1) is 12.2 Å². The molecule has 0 saturated carbocycles. The molecule has 0 aromatic heterocycles. The maximum atomic E-state index is 6.21. The summed E-state index contributed by atoms with van der Waals surface area (Å²) in [5.74, 6) is 0.816. The third-order valence-electron chi connectivity index (χ3n) is 3.12. The van der Waals surface area contributed by atoms with Crippen molar-refractivity contribution in [2.24, 2.45) is 5.73 Å². The van der Waals surface area contributed by atoms with Crippen LogP contribution in [0.15, 0.2) is 18.2 Å². The predicted octanol–water partition coefficient (Wildman–Crippen LogP) is 3.42. The van der Waals surface area contributed by atoms with Crippen LogP contribution >= 0.6 is 11.6 Å². The van der Waals surface area contributed by atoms with Gasteiger partial charge in [-0.3, -0.25) is 0 Å². The Morgan fingerprint density at radius 3 is 2.63 bits per heavy atom. The Hall–Kier alpha value is -0.770. The topological polar surface area (TPSA) is 44.5 Å². The first-order valence-corrected chi connectivity index (χ1v) is 6.94. The molecule has 2 N–H and O–H groups in total. The fourth-order valence-electron chi connectivity index (χ4n) is 1.70. The smallest absolute Gasteiger partial charge is 0.124 e. The minimum Gasteiger partial charge on any atom is -0.493 e. The van der Waals surface area contributed by atoms with Crippen molar-refractivity contribution >= 4 is 11.6 Å². The maximum Gasteiger partial charge on any atom is 0.124 e. The van der Waals surface area contributed by atoms with Crippen LogP contribution < -0.4 is 10.5 Å². The molecule has 0 fully saturated rings. The summed E-state index contributed by atoms with van der Waals surface area (Å²) in [6, 6.07) is 5.75. The average Bonchev–Trinajstić information content (AvgIpc) is 2.33. The quantitative estimate of drug-likeness (QED) is 0.835. The molecule has 4 heteroatoms. The highest BCUT2D eigenvalue weighted by Crippen LogP contribution is 2.28. The molecular formula is C15H24ClNO2. The number of halogens is 1. The van der Waals surface area contributed by atoms with Crippen molar-refractivity contribution in [3.05, 3.63) is 28.8 Å². The first kappa shape index (κ1) is 16.3. The minimum atomic E-state index is -0.181. The van der Waals surface area contributed by atoms with Gasteiger partial charge in [0.1, 0.15) is 5.75 Å². The summed E-state index contributed by atoms with van der Waals surface area (Å²) >= 11 is 6.21. The van der Waals surface area contributed by atoms with Gasteiger partial charge >= 0.3 is 0 Å². The fraction of sp³-hybridized carbons (Fsp3) is 0.600. The van der Waals surface area contributed by atoms with Gasteiger partial charge in [-0.15, -0.1) is 0 Å². The van der Waals surface area contributed by atoms with E-state index in [0.29, 0.717) is 18.1 Å². The maximum absolute atomic E-state index is 6.21. The van der Waals surface area contributed by atoms with Gasteiger partial charge in [-0.25, -0.2) is 0 Å². The highest BCUT2D eigenvalue weighted by molar-refractivity contribution is 6.31. The number of hydrogen-bond acceptors (Lipinski definition) is 3. The molecule has 3 nitrogen and oxygen atoms in total. The molecule has 1 atom stereocenters. The highest BCUT2D eigenvalue weighted by Gasteiger charge is 2.17. The Labute approximate surface area is 121 Å². The molecule has 1 unspecified atom stereocenters. The number of hydrogen-bond donors (Lipinski definition) is 1. The molecule has 19 heavy (non-hydrogen) atoms. The summed E-state index contributed by atoms with van der Waals surface area (Å²) in [5, 5.41) is 0.709. The van der Waals surface area contributed by atoms with E-state index in [4.69, 9.17) is 26.8 Å². The summed E-state index contributed by atoms with van der Waals surface area (Å²) in [6.45, 7) is 6.63. The van der Waals surface area contributed by atoms with Crippen molar-refractivity contribution in [2.45, 2.75) is 45.3 Å². The number of benzene rings is 1. The molecule has 0 aliphatic carbocycles. The van der Waals surface area contributed by atoms with E-state index in [1.54, 1.807) is 7.11 Å². The van der Waals surface area contributed by atoms with Gasteiger partial charge in [0.15, 0.2) is 0 Å². The van der Waals surface area contributed by atoms with E-state index in [1.165, 1.54) is 0 Å².